The first-order valence-corrected chi connectivity index (χ1v) is 6.96. The molecule has 21 heavy (non-hydrogen) atoms. The third-order valence-electron chi connectivity index (χ3n) is 3.12. The standard InChI is InChI=1S/C16H21N3O2/c1-12-16(18-9-8-17-12)13(2)19-14-4-6-15(7-5-14)21-11-10-20-3/h4-9,13,19H,10-11H2,1-3H3. The minimum atomic E-state index is 0.0963. The summed E-state index contributed by atoms with van der Waals surface area (Å²) < 4.78 is 10.5. The van der Waals surface area contributed by atoms with Gasteiger partial charge in [-0.05, 0) is 38.1 Å². The van der Waals surface area contributed by atoms with Crippen LogP contribution in [0, 0.1) is 6.92 Å². The summed E-state index contributed by atoms with van der Waals surface area (Å²) in [6.07, 6.45) is 3.42. The van der Waals surface area contributed by atoms with E-state index >= 15 is 0 Å². The molecule has 0 amide bonds. The van der Waals surface area contributed by atoms with E-state index in [-0.39, 0.29) is 6.04 Å². The monoisotopic (exact) mass is 287 g/mol. The highest BCUT2D eigenvalue weighted by Gasteiger charge is 2.10. The van der Waals surface area contributed by atoms with E-state index in [0.717, 1.165) is 22.8 Å². The zero-order chi connectivity index (χ0) is 15.1. The minimum Gasteiger partial charge on any atom is -0.491 e. The van der Waals surface area contributed by atoms with Crippen molar-refractivity contribution in [3.05, 3.63) is 48.0 Å². The molecule has 2 rings (SSSR count). The highest BCUT2D eigenvalue weighted by molar-refractivity contribution is 5.47. The highest BCUT2D eigenvalue weighted by Crippen LogP contribution is 2.21. The fourth-order valence-corrected chi connectivity index (χ4v) is 2.05. The van der Waals surface area contributed by atoms with Crippen molar-refractivity contribution in [3.8, 4) is 5.75 Å². The smallest absolute Gasteiger partial charge is 0.119 e. The van der Waals surface area contributed by atoms with Crippen molar-refractivity contribution in [3.63, 3.8) is 0 Å². The molecular formula is C16H21N3O2. The lowest BCUT2D eigenvalue weighted by atomic mass is 10.1. The molecule has 1 N–H and O–H groups in total. The molecule has 0 fully saturated rings. The Hall–Kier alpha value is -2.14. The predicted molar refractivity (Wildman–Crippen MR) is 82.6 cm³/mol. The van der Waals surface area contributed by atoms with Crippen LogP contribution in [0.1, 0.15) is 24.4 Å². The summed E-state index contributed by atoms with van der Waals surface area (Å²) in [4.78, 5) is 8.64. The fourth-order valence-electron chi connectivity index (χ4n) is 2.05. The number of benzene rings is 1. The van der Waals surface area contributed by atoms with E-state index in [1.807, 2.05) is 31.2 Å². The van der Waals surface area contributed by atoms with Crippen LogP contribution < -0.4 is 10.1 Å². The normalized spacial score (nSPS) is 12.0. The van der Waals surface area contributed by atoms with Gasteiger partial charge in [-0.25, -0.2) is 0 Å². The van der Waals surface area contributed by atoms with Crippen LogP contribution >= 0.6 is 0 Å². The van der Waals surface area contributed by atoms with Gasteiger partial charge in [-0.2, -0.15) is 0 Å². The Morgan fingerprint density at radius 2 is 1.81 bits per heavy atom. The van der Waals surface area contributed by atoms with Gasteiger partial charge in [0, 0.05) is 25.2 Å². The average Bonchev–Trinajstić information content (AvgIpc) is 2.49. The van der Waals surface area contributed by atoms with Crippen molar-refractivity contribution >= 4 is 5.69 Å². The number of hydrogen-bond acceptors (Lipinski definition) is 5. The Balaban J connectivity index is 1.95. The molecule has 1 atom stereocenters. The summed E-state index contributed by atoms with van der Waals surface area (Å²) in [5, 5.41) is 3.41. The molecule has 0 saturated heterocycles. The van der Waals surface area contributed by atoms with E-state index in [4.69, 9.17) is 9.47 Å². The Morgan fingerprint density at radius 3 is 2.48 bits per heavy atom. The van der Waals surface area contributed by atoms with Gasteiger partial charge in [0.15, 0.2) is 0 Å². The Kier molecular flexibility index (Phi) is 5.51. The van der Waals surface area contributed by atoms with Crippen LogP contribution in [0.5, 0.6) is 5.75 Å². The average molecular weight is 287 g/mol. The first-order valence-electron chi connectivity index (χ1n) is 6.96. The van der Waals surface area contributed by atoms with Crippen molar-refractivity contribution in [1.82, 2.24) is 9.97 Å². The zero-order valence-corrected chi connectivity index (χ0v) is 12.7. The first kappa shape index (κ1) is 15.3. The van der Waals surface area contributed by atoms with Gasteiger partial charge in [-0.1, -0.05) is 0 Å². The molecule has 0 bridgehead atoms. The van der Waals surface area contributed by atoms with Gasteiger partial charge in [-0.15, -0.1) is 0 Å². The van der Waals surface area contributed by atoms with Crippen molar-refractivity contribution in [2.45, 2.75) is 19.9 Å². The quantitative estimate of drug-likeness (QED) is 0.793. The summed E-state index contributed by atoms with van der Waals surface area (Å²) in [5.74, 6) is 0.834. The third-order valence-corrected chi connectivity index (χ3v) is 3.12. The molecule has 2 aromatic rings. The zero-order valence-electron chi connectivity index (χ0n) is 12.7. The summed E-state index contributed by atoms with van der Waals surface area (Å²) in [6, 6.07) is 7.95. The molecule has 0 saturated carbocycles. The Bertz CT molecular complexity index is 558. The number of anilines is 1. The molecule has 1 unspecified atom stereocenters. The molecule has 1 heterocycles. The maximum absolute atomic E-state index is 5.54. The number of nitrogens with zero attached hydrogens (tertiary/aromatic N) is 2. The number of hydrogen-bond donors (Lipinski definition) is 1. The van der Waals surface area contributed by atoms with E-state index in [1.165, 1.54) is 0 Å². The fraction of sp³-hybridized carbons (Fsp3) is 0.375. The van der Waals surface area contributed by atoms with Crippen LogP contribution in [0.4, 0.5) is 5.69 Å². The molecule has 5 heteroatoms. The van der Waals surface area contributed by atoms with Crippen molar-refractivity contribution in [2.24, 2.45) is 0 Å². The maximum Gasteiger partial charge on any atom is 0.119 e. The number of aromatic nitrogens is 2. The van der Waals surface area contributed by atoms with E-state index in [1.54, 1.807) is 19.5 Å². The molecule has 0 aliphatic heterocycles. The lowest BCUT2D eigenvalue weighted by molar-refractivity contribution is 0.146. The van der Waals surface area contributed by atoms with Gasteiger partial charge < -0.3 is 14.8 Å². The number of aryl methyl sites for hydroxylation is 1. The van der Waals surface area contributed by atoms with Crippen LogP contribution in [0.25, 0.3) is 0 Å². The van der Waals surface area contributed by atoms with Crippen molar-refractivity contribution < 1.29 is 9.47 Å². The van der Waals surface area contributed by atoms with Gasteiger partial charge >= 0.3 is 0 Å². The molecule has 112 valence electrons. The van der Waals surface area contributed by atoms with Gasteiger partial charge in [0.2, 0.25) is 0 Å². The molecule has 0 aliphatic rings. The van der Waals surface area contributed by atoms with Gasteiger partial charge in [0.25, 0.3) is 0 Å². The molecule has 0 spiro atoms. The lowest BCUT2D eigenvalue weighted by Crippen LogP contribution is -2.11. The van der Waals surface area contributed by atoms with Crippen LogP contribution in [0.3, 0.4) is 0 Å². The van der Waals surface area contributed by atoms with Crippen molar-refractivity contribution in [2.75, 3.05) is 25.6 Å². The molecule has 5 nitrogen and oxygen atoms in total. The van der Waals surface area contributed by atoms with Gasteiger partial charge in [-0.3, -0.25) is 9.97 Å². The van der Waals surface area contributed by atoms with Crippen LogP contribution in [0.15, 0.2) is 36.7 Å². The number of nitrogens with one attached hydrogen (secondary N) is 1. The predicted octanol–water partition coefficient (Wildman–Crippen LogP) is 2.98. The van der Waals surface area contributed by atoms with Crippen molar-refractivity contribution in [1.29, 1.82) is 0 Å². The molecular weight excluding hydrogens is 266 g/mol. The third kappa shape index (κ3) is 4.43. The molecule has 0 radical (unpaired) electrons. The second-order valence-corrected chi connectivity index (χ2v) is 4.76. The van der Waals surface area contributed by atoms with E-state index in [9.17, 15) is 0 Å². The SMILES string of the molecule is COCCOc1ccc(NC(C)c2nccnc2C)cc1. The van der Waals surface area contributed by atoms with Gasteiger partial charge in [0.1, 0.15) is 12.4 Å². The first-order chi connectivity index (χ1) is 10.2. The second-order valence-electron chi connectivity index (χ2n) is 4.76. The number of ether oxygens (including phenoxy) is 2. The minimum absolute atomic E-state index is 0.0963. The lowest BCUT2D eigenvalue weighted by Gasteiger charge is -2.16. The number of methoxy groups -OCH3 is 1. The topological polar surface area (TPSA) is 56.3 Å². The maximum atomic E-state index is 5.54. The van der Waals surface area contributed by atoms with Crippen LogP contribution in [0.2, 0.25) is 0 Å². The largest absolute Gasteiger partial charge is 0.491 e. The summed E-state index contributed by atoms with van der Waals surface area (Å²) in [7, 11) is 1.66. The second kappa shape index (κ2) is 7.59. The molecule has 1 aromatic carbocycles. The van der Waals surface area contributed by atoms with Crippen LogP contribution in [-0.2, 0) is 4.74 Å². The Morgan fingerprint density at radius 1 is 1.10 bits per heavy atom. The van der Waals surface area contributed by atoms with E-state index in [0.29, 0.717) is 13.2 Å². The molecule has 1 aromatic heterocycles. The van der Waals surface area contributed by atoms with Gasteiger partial charge in [0.05, 0.1) is 24.0 Å². The Labute approximate surface area is 125 Å². The number of rotatable bonds is 7. The molecule has 0 aliphatic carbocycles. The summed E-state index contributed by atoms with van der Waals surface area (Å²) in [5.41, 5.74) is 2.92. The van der Waals surface area contributed by atoms with Crippen LogP contribution in [-0.4, -0.2) is 30.3 Å². The highest BCUT2D eigenvalue weighted by atomic mass is 16.5. The van der Waals surface area contributed by atoms with E-state index in [2.05, 4.69) is 22.2 Å². The summed E-state index contributed by atoms with van der Waals surface area (Å²) >= 11 is 0. The summed E-state index contributed by atoms with van der Waals surface area (Å²) in [6.45, 7) is 5.18. The van der Waals surface area contributed by atoms with E-state index < -0.39 is 0 Å².